The molecule has 34 heavy (non-hydrogen) atoms. The van der Waals surface area contributed by atoms with Crippen molar-refractivity contribution in [2.24, 2.45) is 0 Å². The number of sulfonamides is 1. The van der Waals surface area contributed by atoms with Crippen LogP contribution in [0.1, 0.15) is 24.7 Å². The van der Waals surface area contributed by atoms with Gasteiger partial charge in [0.15, 0.2) is 9.84 Å². The van der Waals surface area contributed by atoms with Crippen LogP contribution in [0.3, 0.4) is 0 Å². The molecule has 1 aliphatic rings. The third-order valence-corrected chi connectivity index (χ3v) is 9.02. The summed E-state index contributed by atoms with van der Waals surface area (Å²) in [6.45, 7) is 0.634. The molecule has 4 aromatic rings. The van der Waals surface area contributed by atoms with Gasteiger partial charge in [0.2, 0.25) is 21.7 Å². The molecule has 0 radical (unpaired) electrons. The predicted octanol–water partition coefficient (Wildman–Crippen LogP) is 3.26. The number of fused-ring (bicyclic) bond motifs is 1. The van der Waals surface area contributed by atoms with Gasteiger partial charge in [-0.2, -0.15) is 9.29 Å². The van der Waals surface area contributed by atoms with E-state index in [-0.39, 0.29) is 15.7 Å². The third kappa shape index (κ3) is 4.22. The molecule has 0 atom stereocenters. The van der Waals surface area contributed by atoms with E-state index in [1.165, 1.54) is 16.4 Å². The Bertz CT molecular complexity index is 1570. The van der Waals surface area contributed by atoms with Gasteiger partial charge in [0.1, 0.15) is 4.90 Å². The van der Waals surface area contributed by atoms with Gasteiger partial charge in [0.05, 0.1) is 10.4 Å². The van der Waals surface area contributed by atoms with Crippen LogP contribution in [-0.2, 0) is 19.9 Å². The molecule has 2 aromatic heterocycles. The fourth-order valence-corrected chi connectivity index (χ4v) is 6.45. The lowest BCUT2D eigenvalue weighted by Crippen LogP contribution is -2.38. The van der Waals surface area contributed by atoms with Crippen molar-refractivity contribution in [3.63, 3.8) is 0 Å². The summed E-state index contributed by atoms with van der Waals surface area (Å²) >= 11 is 0. The van der Waals surface area contributed by atoms with Gasteiger partial charge >= 0.3 is 0 Å². The van der Waals surface area contributed by atoms with E-state index < -0.39 is 19.9 Å². The molecule has 0 spiro atoms. The standard InChI is InChI=1S/C23H22N4O5S2/c1-33(28,29)19-8-2-6-18(15-19)22-25-23(32-26-22)17-10-13-27(14-11-17)34(30,31)20-9-3-5-16-7-4-12-24-21(16)20/h2-9,12,15,17H,10-11,13-14H2,1H3. The molecule has 3 heterocycles. The minimum atomic E-state index is -3.70. The van der Waals surface area contributed by atoms with E-state index in [4.69, 9.17) is 4.52 Å². The Hall–Kier alpha value is -3.15. The van der Waals surface area contributed by atoms with E-state index >= 15 is 0 Å². The second-order valence-corrected chi connectivity index (χ2v) is 12.2. The SMILES string of the molecule is CS(=O)(=O)c1cccc(-c2noc(C3CCN(S(=O)(=O)c4cccc5cccnc45)CC3)n2)c1. The Morgan fingerprint density at radius 2 is 1.71 bits per heavy atom. The first-order valence-electron chi connectivity index (χ1n) is 10.7. The van der Waals surface area contributed by atoms with Crippen LogP contribution >= 0.6 is 0 Å². The summed E-state index contributed by atoms with van der Waals surface area (Å²) in [4.78, 5) is 9.13. The number of nitrogens with zero attached hydrogens (tertiary/aromatic N) is 4. The van der Waals surface area contributed by atoms with E-state index in [2.05, 4.69) is 15.1 Å². The summed E-state index contributed by atoms with van der Waals surface area (Å²) in [7, 11) is -7.06. The maximum Gasteiger partial charge on any atom is 0.245 e. The molecule has 2 aromatic carbocycles. The van der Waals surface area contributed by atoms with Crippen molar-refractivity contribution < 1.29 is 21.4 Å². The Kier molecular flexibility index (Phi) is 5.70. The smallest absolute Gasteiger partial charge is 0.245 e. The summed E-state index contributed by atoms with van der Waals surface area (Å²) in [6.07, 6.45) is 3.79. The second-order valence-electron chi connectivity index (χ2n) is 8.27. The predicted molar refractivity (Wildman–Crippen MR) is 125 cm³/mol. The van der Waals surface area contributed by atoms with Crippen LogP contribution in [0.5, 0.6) is 0 Å². The highest BCUT2D eigenvalue weighted by Crippen LogP contribution is 2.32. The average Bonchev–Trinajstić information content (AvgIpc) is 3.34. The zero-order valence-electron chi connectivity index (χ0n) is 18.3. The average molecular weight is 499 g/mol. The van der Waals surface area contributed by atoms with Crippen LogP contribution in [0.25, 0.3) is 22.3 Å². The van der Waals surface area contributed by atoms with E-state index in [1.54, 1.807) is 36.5 Å². The highest BCUT2D eigenvalue weighted by molar-refractivity contribution is 7.90. The fraction of sp³-hybridized carbons (Fsp3) is 0.261. The van der Waals surface area contributed by atoms with Gasteiger partial charge in [-0.25, -0.2) is 16.8 Å². The quantitative estimate of drug-likeness (QED) is 0.411. The number of hydrogen-bond donors (Lipinski definition) is 0. The van der Waals surface area contributed by atoms with Crippen molar-refractivity contribution in [3.05, 3.63) is 66.7 Å². The van der Waals surface area contributed by atoms with Crippen LogP contribution in [-0.4, -0.2) is 55.6 Å². The van der Waals surface area contributed by atoms with E-state index in [9.17, 15) is 16.8 Å². The molecular weight excluding hydrogens is 476 g/mol. The van der Waals surface area contributed by atoms with E-state index in [1.807, 2.05) is 12.1 Å². The lowest BCUT2D eigenvalue weighted by atomic mass is 9.98. The molecular formula is C23H22N4O5S2. The maximum absolute atomic E-state index is 13.3. The third-order valence-electron chi connectivity index (χ3n) is 5.98. The van der Waals surface area contributed by atoms with Crippen LogP contribution in [0.2, 0.25) is 0 Å². The van der Waals surface area contributed by atoms with Crippen molar-refractivity contribution in [2.75, 3.05) is 19.3 Å². The Morgan fingerprint density at radius 1 is 0.971 bits per heavy atom. The molecule has 9 nitrogen and oxygen atoms in total. The van der Waals surface area contributed by atoms with Crippen LogP contribution in [0, 0.1) is 0 Å². The lowest BCUT2D eigenvalue weighted by molar-refractivity contribution is 0.271. The van der Waals surface area contributed by atoms with E-state index in [0.717, 1.165) is 11.6 Å². The molecule has 0 N–H and O–H groups in total. The second kappa shape index (κ2) is 8.57. The van der Waals surface area contributed by atoms with Crippen LogP contribution < -0.4 is 0 Å². The number of para-hydroxylation sites is 1. The number of rotatable bonds is 5. The monoisotopic (exact) mass is 498 g/mol. The zero-order chi connectivity index (χ0) is 23.9. The molecule has 0 bridgehead atoms. The Labute approximate surface area is 197 Å². The number of benzene rings is 2. The van der Waals surface area contributed by atoms with Gasteiger partial charge in [0, 0.05) is 42.4 Å². The summed E-state index contributed by atoms with van der Waals surface area (Å²) in [6, 6.07) is 15.1. The number of piperidine rings is 1. The highest BCUT2D eigenvalue weighted by atomic mass is 32.2. The van der Waals surface area contributed by atoms with Crippen molar-refractivity contribution in [2.45, 2.75) is 28.6 Å². The molecule has 0 aliphatic carbocycles. The van der Waals surface area contributed by atoms with Gasteiger partial charge in [-0.3, -0.25) is 4.98 Å². The summed E-state index contributed by atoms with van der Waals surface area (Å²) in [5.41, 5.74) is 1.01. The van der Waals surface area contributed by atoms with Gasteiger partial charge in [-0.1, -0.05) is 35.5 Å². The molecule has 176 valence electrons. The minimum Gasteiger partial charge on any atom is -0.339 e. The van der Waals surface area contributed by atoms with Crippen molar-refractivity contribution in [1.82, 2.24) is 19.4 Å². The van der Waals surface area contributed by atoms with Crippen LogP contribution in [0.4, 0.5) is 0 Å². The molecule has 0 saturated carbocycles. The topological polar surface area (TPSA) is 123 Å². The molecule has 1 saturated heterocycles. The number of hydrogen-bond acceptors (Lipinski definition) is 8. The van der Waals surface area contributed by atoms with Gasteiger partial charge < -0.3 is 4.52 Å². The summed E-state index contributed by atoms with van der Waals surface area (Å²) in [5, 5.41) is 4.79. The molecule has 1 fully saturated rings. The van der Waals surface area contributed by atoms with Gasteiger partial charge in [-0.15, -0.1) is 0 Å². The lowest BCUT2D eigenvalue weighted by Gasteiger charge is -2.29. The van der Waals surface area contributed by atoms with Crippen molar-refractivity contribution in [1.29, 1.82) is 0 Å². The number of pyridine rings is 1. The van der Waals surface area contributed by atoms with Crippen molar-refractivity contribution >= 4 is 30.8 Å². The molecule has 0 amide bonds. The Balaban J connectivity index is 1.33. The van der Waals surface area contributed by atoms with Gasteiger partial charge in [-0.05, 0) is 37.1 Å². The van der Waals surface area contributed by atoms with E-state index in [0.29, 0.717) is 48.7 Å². The molecule has 0 unspecified atom stereocenters. The summed E-state index contributed by atoms with van der Waals surface area (Å²) in [5.74, 6) is 0.637. The van der Waals surface area contributed by atoms with Crippen LogP contribution in [0.15, 0.2) is 75.1 Å². The first-order chi connectivity index (χ1) is 16.2. The molecule has 11 heteroatoms. The van der Waals surface area contributed by atoms with Crippen molar-refractivity contribution in [3.8, 4) is 11.4 Å². The first-order valence-corrected chi connectivity index (χ1v) is 14.0. The number of aromatic nitrogens is 3. The molecule has 5 rings (SSSR count). The number of sulfone groups is 1. The van der Waals surface area contributed by atoms with Gasteiger partial charge in [0.25, 0.3) is 0 Å². The first kappa shape index (κ1) is 22.6. The Morgan fingerprint density at radius 3 is 2.47 bits per heavy atom. The minimum absolute atomic E-state index is 0.0866. The molecule has 1 aliphatic heterocycles. The zero-order valence-corrected chi connectivity index (χ0v) is 20.0. The fourth-order valence-electron chi connectivity index (χ4n) is 4.15. The largest absolute Gasteiger partial charge is 0.339 e. The normalized spacial score (nSPS) is 16.1. The summed E-state index contributed by atoms with van der Waals surface area (Å²) < 4.78 is 57.3. The maximum atomic E-state index is 13.3. The highest BCUT2D eigenvalue weighted by Gasteiger charge is 2.33.